The maximum Gasteiger partial charge on any atom is 0.225 e. The lowest BCUT2D eigenvalue weighted by atomic mass is 9.98. The topological polar surface area (TPSA) is 46.3 Å². The van der Waals surface area contributed by atoms with Gasteiger partial charge in [-0.3, -0.25) is 4.79 Å². The average molecular weight is 262 g/mol. The standard InChI is InChI=1S/C14H18N2OS/c1-10-4-3-7-16(14(10)17)9-11-5-2-6-12(8-11)13(15)18/h2,5-6,8,10H,3-4,7,9H2,1H3,(H2,15,18). The highest BCUT2D eigenvalue weighted by atomic mass is 32.1. The molecule has 2 rings (SSSR count). The molecular formula is C14H18N2OS. The molecule has 1 aromatic carbocycles. The van der Waals surface area contributed by atoms with Crippen molar-refractivity contribution in [3.8, 4) is 0 Å². The summed E-state index contributed by atoms with van der Waals surface area (Å²) in [5.41, 5.74) is 7.56. The summed E-state index contributed by atoms with van der Waals surface area (Å²) >= 11 is 4.97. The van der Waals surface area contributed by atoms with Gasteiger partial charge in [0.05, 0.1) is 0 Å². The van der Waals surface area contributed by atoms with Gasteiger partial charge in [0.2, 0.25) is 5.91 Å². The maximum atomic E-state index is 12.0. The van der Waals surface area contributed by atoms with E-state index in [9.17, 15) is 4.79 Å². The third kappa shape index (κ3) is 2.88. The number of hydrogen-bond acceptors (Lipinski definition) is 2. The molecule has 3 nitrogen and oxygen atoms in total. The van der Waals surface area contributed by atoms with Gasteiger partial charge < -0.3 is 10.6 Å². The second-order valence-corrected chi connectivity index (χ2v) is 5.31. The van der Waals surface area contributed by atoms with Gasteiger partial charge in [0.25, 0.3) is 0 Å². The number of likely N-dealkylation sites (tertiary alicyclic amines) is 1. The molecule has 0 aromatic heterocycles. The molecule has 1 aliphatic rings. The Morgan fingerprint density at radius 2 is 2.33 bits per heavy atom. The molecule has 0 saturated carbocycles. The highest BCUT2D eigenvalue weighted by Gasteiger charge is 2.24. The first-order chi connectivity index (χ1) is 8.58. The second-order valence-electron chi connectivity index (χ2n) is 4.87. The highest BCUT2D eigenvalue weighted by Crippen LogP contribution is 2.19. The van der Waals surface area contributed by atoms with Crippen LogP contribution in [0.1, 0.15) is 30.9 Å². The fraction of sp³-hybridized carbons (Fsp3) is 0.429. The van der Waals surface area contributed by atoms with Crippen LogP contribution in [0.4, 0.5) is 0 Å². The zero-order valence-electron chi connectivity index (χ0n) is 10.6. The van der Waals surface area contributed by atoms with E-state index in [1.165, 1.54) is 0 Å². The van der Waals surface area contributed by atoms with Gasteiger partial charge in [-0.05, 0) is 24.5 Å². The van der Waals surface area contributed by atoms with E-state index in [2.05, 4.69) is 0 Å². The smallest absolute Gasteiger partial charge is 0.225 e. The predicted octanol–water partition coefficient (Wildman–Crippen LogP) is 2.08. The third-order valence-corrected chi connectivity index (χ3v) is 3.62. The Balaban J connectivity index is 2.11. The minimum atomic E-state index is 0.150. The van der Waals surface area contributed by atoms with Gasteiger partial charge in [-0.1, -0.05) is 37.3 Å². The number of benzene rings is 1. The van der Waals surface area contributed by atoms with Crippen LogP contribution in [0, 0.1) is 5.92 Å². The van der Waals surface area contributed by atoms with Crippen LogP contribution in [0.2, 0.25) is 0 Å². The lowest BCUT2D eigenvalue weighted by Gasteiger charge is -2.30. The molecule has 0 radical (unpaired) electrons. The lowest BCUT2D eigenvalue weighted by Crippen LogP contribution is -2.39. The largest absolute Gasteiger partial charge is 0.389 e. The summed E-state index contributed by atoms with van der Waals surface area (Å²) in [5, 5.41) is 0. The molecule has 1 heterocycles. The van der Waals surface area contributed by atoms with Crippen molar-refractivity contribution >= 4 is 23.1 Å². The predicted molar refractivity (Wildman–Crippen MR) is 76.1 cm³/mol. The van der Waals surface area contributed by atoms with Crippen LogP contribution in [0.3, 0.4) is 0 Å². The molecule has 1 unspecified atom stereocenters. The number of carbonyl (C=O) groups is 1. The van der Waals surface area contributed by atoms with Crippen molar-refractivity contribution in [3.63, 3.8) is 0 Å². The summed E-state index contributed by atoms with van der Waals surface area (Å²) in [6, 6.07) is 7.80. The van der Waals surface area contributed by atoms with Crippen molar-refractivity contribution in [3.05, 3.63) is 35.4 Å². The van der Waals surface area contributed by atoms with Crippen LogP contribution in [-0.2, 0) is 11.3 Å². The van der Waals surface area contributed by atoms with E-state index in [0.717, 1.165) is 30.5 Å². The molecule has 1 saturated heterocycles. The Kier molecular flexibility index (Phi) is 3.97. The maximum absolute atomic E-state index is 12.0. The SMILES string of the molecule is CC1CCCN(Cc2cccc(C(N)=S)c2)C1=O. The summed E-state index contributed by atoms with van der Waals surface area (Å²) in [7, 11) is 0. The molecule has 4 heteroatoms. The van der Waals surface area contributed by atoms with Crippen molar-refractivity contribution in [2.45, 2.75) is 26.3 Å². The molecule has 0 bridgehead atoms. The monoisotopic (exact) mass is 262 g/mol. The number of carbonyl (C=O) groups excluding carboxylic acids is 1. The first kappa shape index (κ1) is 13.0. The van der Waals surface area contributed by atoms with Gasteiger partial charge in [0, 0.05) is 24.6 Å². The van der Waals surface area contributed by atoms with Gasteiger partial charge >= 0.3 is 0 Å². The molecule has 1 fully saturated rings. The Bertz CT molecular complexity index is 473. The number of rotatable bonds is 3. The molecule has 1 aliphatic heterocycles. The molecular weight excluding hydrogens is 244 g/mol. The van der Waals surface area contributed by atoms with Crippen LogP contribution >= 0.6 is 12.2 Å². The van der Waals surface area contributed by atoms with Gasteiger partial charge in [-0.25, -0.2) is 0 Å². The van der Waals surface area contributed by atoms with Crippen molar-refractivity contribution < 1.29 is 4.79 Å². The van der Waals surface area contributed by atoms with E-state index < -0.39 is 0 Å². The molecule has 0 aliphatic carbocycles. The Labute approximate surface area is 113 Å². The van der Waals surface area contributed by atoms with E-state index in [0.29, 0.717) is 11.5 Å². The van der Waals surface area contributed by atoms with Crippen molar-refractivity contribution in [1.82, 2.24) is 4.90 Å². The number of nitrogens with two attached hydrogens (primary N) is 1. The Morgan fingerprint density at radius 1 is 1.56 bits per heavy atom. The third-order valence-electron chi connectivity index (χ3n) is 3.38. The van der Waals surface area contributed by atoms with Crippen molar-refractivity contribution in [1.29, 1.82) is 0 Å². The molecule has 0 spiro atoms. The van der Waals surface area contributed by atoms with E-state index in [1.54, 1.807) is 0 Å². The number of hydrogen-bond donors (Lipinski definition) is 1. The summed E-state index contributed by atoms with van der Waals surface area (Å²) in [4.78, 5) is 14.3. The van der Waals surface area contributed by atoms with Crippen LogP contribution in [0.5, 0.6) is 0 Å². The lowest BCUT2D eigenvalue weighted by molar-refractivity contribution is -0.138. The fourth-order valence-corrected chi connectivity index (χ4v) is 2.46. The summed E-state index contributed by atoms with van der Waals surface area (Å²) < 4.78 is 0. The van der Waals surface area contributed by atoms with Crippen LogP contribution in [0.25, 0.3) is 0 Å². The Morgan fingerprint density at radius 3 is 3.06 bits per heavy atom. The first-order valence-electron chi connectivity index (χ1n) is 6.25. The molecule has 1 amide bonds. The first-order valence-corrected chi connectivity index (χ1v) is 6.66. The second kappa shape index (κ2) is 5.48. The number of piperidine rings is 1. The summed E-state index contributed by atoms with van der Waals surface area (Å²) in [6.07, 6.45) is 2.09. The van der Waals surface area contributed by atoms with E-state index >= 15 is 0 Å². The highest BCUT2D eigenvalue weighted by molar-refractivity contribution is 7.80. The van der Waals surface area contributed by atoms with E-state index in [4.69, 9.17) is 18.0 Å². The number of amides is 1. The summed E-state index contributed by atoms with van der Waals surface area (Å²) in [6.45, 7) is 3.50. The fourth-order valence-electron chi connectivity index (χ4n) is 2.33. The zero-order chi connectivity index (χ0) is 13.1. The van der Waals surface area contributed by atoms with Crippen LogP contribution < -0.4 is 5.73 Å². The van der Waals surface area contributed by atoms with Crippen molar-refractivity contribution in [2.24, 2.45) is 11.7 Å². The molecule has 1 aromatic rings. The van der Waals surface area contributed by atoms with E-state index in [-0.39, 0.29) is 11.8 Å². The molecule has 18 heavy (non-hydrogen) atoms. The Hall–Kier alpha value is -1.42. The average Bonchev–Trinajstić information content (AvgIpc) is 2.35. The zero-order valence-corrected chi connectivity index (χ0v) is 11.4. The van der Waals surface area contributed by atoms with Gasteiger partial charge in [-0.15, -0.1) is 0 Å². The molecule has 2 N–H and O–H groups in total. The minimum Gasteiger partial charge on any atom is -0.389 e. The summed E-state index contributed by atoms with van der Waals surface area (Å²) in [5.74, 6) is 0.402. The van der Waals surface area contributed by atoms with Crippen LogP contribution in [0.15, 0.2) is 24.3 Å². The quantitative estimate of drug-likeness (QED) is 0.848. The number of nitrogens with zero attached hydrogens (tertiary/aromatic N) is 1. The molecule has 96 valence electrons. The number of thiocarbonyl (C=S) groups is 1. The van der Waals surface area contributed by atoms with Crippen molar-refractivity contribution in [2.75, 3.05) is 6.54 Å². The minimum absolute atomic E-state index is 0.150. The van der Waals surface area contributed by atoms with Gasteiger partial charge in [0.15, 0.2) is 0 Å². The normalized spacial score (nSPS) is 19.9. The van der Waals surface area contributed by atoms with Gasteiger partial charge in [0.1, 0.15) is 4.99 Å². The van der Waals surface area contributed by atoms with E-state index in [1.807, 2.05) is 36.1 Å². The molecule has 1 atom stereocenters. The van der Waals surface area contributed by atoms with Crippen LogP contribution in [-0.4, -0.2) is 22.3 Å². The van der Waals surface area contributed by atoms with Gasteiger partial charge in [-0.2, -0.15) is 0 Å².